The summed E-state index contributed by atoms with van der Waals surface area (Å²) in [6.07, 6.45) is 7.56. The van der Waals surface area contributed by atoms with E-state index < -0.39 is 0 Å². The Morgan fingerprint density at radius 1 is 1.23 bits per heavy atom. The third kappa shape index (κ3) is 1.18. The highest BCUT2D eigenvalue weighted by Gasteiger charge is 2.43. The van der Waals surface area contributed by atoms with Crippen molar-refractivity contribution in [3.63, 3.8) is 0 Å². The van der Waals surface area contributed by atoms with Gasteiger partial charge in [0.15, 0.2) is 0 Å². The van der Waals surface area contributed by atoms with Crippen molar-refractivity contribution < 1.29 is 4.48 Å². The van der Waals surface area contributed by atoms with Crippen molar-refractivity contribution in [3.8, 4) is 0 Å². The lowest BCUT2D eigenvalue weighted by Crippen LogP contribution is -2.54. The number of allylic oxidation sites excluding steroid dienone is 2. The molecule has 1 fully saturated rings. The van der Waals surface area contributed by atoms with E-state index in [1.807, 2.05) is 0 Å². The van der Waals surface area contributed by atoms with Crippen LogP contribution in [0.2, 0.25) is 0 Å². The van der Waals surface area contributed by atoms with E-state index in [0.29, 0.717) is 0 Å². The number of piperidine rings is 1. The Hall–Kier alpha value is -0.560. The molecule has 0 aromatic heterocycles. The van der Waals surface area contributed by atoms with Crippen molar-refractivity contribution in [1.82, 2.24) is 0 Å². The summed E-state index contributed by atoms with van der Waals surface area (Å²) in [6, 6.07) is 0.731. The van der Waals surface area contributed by atoms with Gasteiger partial charge in [-0.2, -0.15) is 0 Å². The van der Waals surface area contributed by atoms with Crippen LogP contribution in [0.25, 0.3) is 0 Å². The molecule has 0 N–H and O–H groups in total. The fourth-order valence-corrected chi connectivity index (χ4v) is 3.12. The second kappa shape index (κ2) is 2.71. The Bertz CT molecular complexity index is 279. The Labute approximate surface area is 81.3 Å². The Balaban J connectivity index is 2.50. The van der Waals surface area contributed by atoms with Crippen LogP contribution < -0.4 is 0 Å². The molecule has 2 atom stereocenters. The van der Waals surface area contributed by atoms with Gasteiger partial charge in [-0.25, -0.2) is 0 Å². The molecule has 0 saturated carbocycles. The minimum absolute atomic E-state index is 0.727. The molecule has 2 heterocycles. The summed E-state index contributed by atoms with van der Waals surface area (Å²) in [6.45, 7) is 4.51. The molecule has 0 aromatic rings. The van der Waals surface area contributed by atoms with Crippen molar-refractivity contribution in [1.29, 1.82) is 0 Å². The highest BCUT2D eigenvalue weighted by molar-refractivity contribution is 5.21. The normalized spacial score (nSPS) is 35.2. The first-order valence-electron chi connectivity index (χ1n) is 5.23. The lowest BCUT2D eigenvalue weighted by Gasteiger charge is -2.48. The van der Waals surface area contributed by atoms with Crippen LogP contribution in [0.15, 0.2) is 23.4 Å². The molecule has 1 nitrogen and oxygen atoms in total. The molecule has 13 heavy (non-hydrogen) atoms. The predicted molar refractivity (Wildman–Crippen MR) is 56.1 cm³/mol. The SMILES string of the molecule is CC(C)=C1C2C=CC(CC2)[N+]1(C)C. The van der Waals surface area contributed by atoms with Gasteiger partial charge in [0.05, 0.1) is 20.0 Å². The Morgan fingerprint density at radius 2 is 1.92 bits per heavy atom. The molecule has 2 unspecified atom stereocenters. The van der Waals surface area contributed by atoms with Crippen LogP contribution in [0.3, 0.4) is 0 Å². The summed E-state index contributed by atoms with van der Waals surface area (Å²) < 4.78 is 1.10. The minimum Gasteiger partial charge on any atom is -0.293 e. The van der Waals surface area contributed by atoms with E-state index in [0.717, 1.165) is 16.4 Å². The summed E-state index contributed by atoms with van der Waals surface area (Å²) >= 11 is 0. The van der Waals surface area contributed by atoms with Gasteiger partial charge in [0.2, 0.25) is 0 Å². The van der Waals surface area contributed by atoms with Crippen LogP contribution in [0.4, 0.5) is 0 Å². The van der Waals surface area contributed by atoms with Gasteiger partial charge in [-0.05, 0) is 31.9 Å². The smallest absolute Gasteiger partial charge is 0.114 e. The second-order valence-corrected chi connectivity index (χ2v) is 5.06. The molecule has 2 bridgehead atoms. The van der Waals surface area contributed by atoms with Gasteiger partial charge < -0.3 is 0 Å². The Kier molecular flexibility index (Phi) is 1.88. The van der Waals surface area contributed by atoms with Crippen LogP contribution in [-0.2, 0) is 0 Å². The van der Waals surface area contributed by atoms with Gasteiger partial charge in [0.1, 0.15) is 11.7 Å². The number of hydrogen-bond donors (Lipinski definition) is 0. The average molecular weight is 178 g/mol. The van der Waals surface area contributed by atoms with Crippen molar-refractivity contribution in [2.45, 2.75) is 32.7 Å². The number of rotatable bonds is 0. The van der Waals surface area contributed by atoms with E-state index in [1.165, 1.54) is 18.4 Å². The molecule has 2 aliphatic heterocycles. The highest BCUT2D eigenvalue weighted by atomic mass is 15.4. The molecule has 72 valence electrons. The van der Waals surface area contributed by atoms with Crippen molar-refractivity contribution in [2.24, 2.45) is 5.92 Å². The van der Waals surface area contributed by atoms with E-state index in [9.17, 15) is 0 Å². The molecular formula is C12H20N+. The van der Waals surface area contributed by atoms with Crippen LogP contribution in [0.5, 0.6) is 0 Å². The Morgan fingerprint density at radius 3 is 2.23 bits per heavy atom. The molecule has 0 spiro atoms. The van der Waals surface area contributed by atoms with Crippen LogP contribution >= 0.6 is 0 Å². The standard InChI is InChI=1S/C12H20N/c1-9(2)12-10-5-7-11(8-6-10)13(12,3)4/h5,7,10-11H,6,8H2,1-4H3/q+1. The van der Waals surface area contributed by atoms with Crippen molar-refractivity contribution in [2.75, 3.05) is 14.1 Å². The largest absolute Gasteiger partial charge is 0.293 e. The molecule has 0 aromatic carbocycles. The lowest BCUT2D eigenvalue weighted by atomic mass is 9.80. The van der Waals surface area contributed by atoms with Gasteiger partial charge in [0, 0.05) is 6.42 Å². The first-order chi connectivity index (χ1) is 6.03. The lowest BCUT2D eigenvalue weighted by molar-refractivity contribution is -0.881. The van der Waals surface area contributed by atoms with E-state index >= 15 is 0 Å². The quantitative estimate of drug-likeness (QED) is 0.395. The molecule has 1 aliphatic carbocycles. The maximum absolute atomic E-state index is 2.42. The summed E-state index contributed by atoms with van der Waals surface area (Å²) in [5, 5.41) is 0. The molecule has 0 amide bonds. The zero-order valence-corrected chi connectivity index (χ0v) is 9.17. The van der Waals surface area contributed by atoms with Crippen molar-refractivity contribution >= 4 is 0 Å². The first-order valence-corrected chi connectivity index (χ1v) is 5.23. The van der Waals surface area contributed by atoms with Crippen LogP contribution in [0.1, 0.15) is 26.7 Å². The van der Waals surface area contributed by atoms with E-state index in [-0.39, 0.29) is 0 Å². The van der Waals surface area contributed by atoms with Gasteiger partial charge in [-0.15, -0.1) is 0 Å². The van der Waals surface area contributed by atoms with E-state index in [2.05, 4.69) is 40.1 Å². The number of fused-ring (bicyclic) bond motifs is 2. The number of likely N-dealkylation sites (N-methyl/N-ethyl adjacent to an activating group) is 1. The third-order valence-electron chi connectivity index (χ3n) is 3.65. The van der Waals surface area contributed by atoms with Gasteiger partial charge in [0.25, 0.3) is 0 Å². The molecule has 0 radical (unpaired) electrons. The number of quaternary nitrogens is 1. The van der Waals surface area contributed by atoms with Gasteiger partial charge >= 0.3 is 0 Å². The first kappa shape index (κ1) is 9.01. The summed E-state index contributed by atoms with van der Waals surface area (Å²) in [5.41, 5.74) is 3.17. The highest BCUT2D eigenvalue weighted by Crippen LogP contribution is 2.42. The topological polar surface area (TPSA) is 0 Å². The maximum Gasteiger partial charge on any atom is 0.114 e. The molecule has 3 aliphatic rings. The molecule has 1 heteroatoms. The average Bonchev–Trinajstić information content (AvgIpc) is 2.03. The molecule has 1 saturated heterocycles. The predicted octanol–water partition coefficient (Wildman–Crippen LogP) is 2.71. The van der Waals surface area contributed by atoms with Crippen LogP contribution in [0, 0.1) is 5.92 Å². The van der Waals surface area contributed by atoms with Gasteiger partial charge in [-0.3, -0.25) is 4.48 Å². The summed E-state index contributed by atoms with van der Waals surface area (Å²) in [7, 11) is 4.70. The minimum atomic E-state index is 0.727. The fourth-order valence-electron chi connectivity index (χ4n) is 3.12. The molecule has 3 rings (SSSR count). The fraction of sp³-hybridized carbons (Fsp3) is 0.667. The third-order valence-corrected chi connectivity index (χ3v) is 3.65. The van der Waals surface area contributed by atoms with E-state index in [4.69, 9.17) is 0 Å². The van der Waals surface area contributed by atoms with E-state index in [1.54, 1.807) is 5.70 Å². The second-order valence-electron chi connectivity index (χ2n) is 5.06. The molecular weight excluding hydrogens is 158 g/mol. The number of hydrogen-bond acceptors (Lipinski definition) is 0. The van der Waals surface area contributed by atoms with Gasteiger partial charge in [-0.1, -0.05) is 6.08 Å². The summed E-state index contributed by atoms with van der Waals surface area (Å²) in [4.78, 5) is 0. The zero-order valence-electron chi connectivity index (χ0n) is 9.17. The monoisotopic (exact) mass is 178 g/mol. The number of nitrogens with zero attached hydrogens (tertiary/aromatic N) is 1. The maximum atomic E-state index is 2.42. The van der Waals surface area contributed by atoms with Crippen molar-refractivity contribution in [3.05, 3.63) is 23.4 Å². The zero-order chi connectivity index (χ0) is 9.64. The van der Waals surface area contributed by atoms with Crippen LogP contribution in [-0.4, -0.2) is 24.6 Å². The summed E-state index contributed by atoms with van der Waals surface area (Å²) in [5.74, 6) is 0.727.